The lowest BCUT2D eigenvalue weighted by Gasteiger charge is -2.34. The molecule has 3 nitrogen and oxygen atoms in total. The maximum absolute atomic E-state index is 6.50. The summed E-state index contributed by atoms with van der Waals surface area (Å²) >= 11 is 6.50. The highest BCUT2D eigenvalue weighted by atomic mass is 35.5. The van der Waals surface area contributed by atoms with E-state index in [1.807, 2.05) is 11.7 Å². The molecule has 0 saturated carbocycles. The van der Waals surface area contributed by atoms with E-state index in [2.05, 4.69) is 45.0 Å². The number of nitrogens with zero attached hydrogens (tertiary/aromatic N) is 2. The van der Waals surface area contributed by atoms with E-state index in [0.29, 0.717) is 5.92 Å². The first kappa shape index (κ1) is 17.5. The van der Waals surface area contributed by atoms with Gasteiger partial charge in [-0.1, -0.05) is 46.2 Å². The molecule has 1 unspecified atom stereocenters. The first-order valence-corrected chi connectivity index (χ1v) is 8.14. The number of halogens is 1. The number of nitrogens with one attached hydrogen (secondary N) is 1. The van der Waals surface area contributed by atoms with Crippen LogP contribution in [-0.4, -0.2) is 22.9 Å². The lowest BCUT2D eigenvalue weighted by atomic mass is 9.75. The zero-order chi connectivity index (χ0) is 15.3. The van der Waals surface area contributed by atoms with Crippen molar-refractivity contribution in [2.45, 2.75) is 53.9 Å². The third-order valence-electron chi connectivity index (χ3n) is 4.42. The summed E-state index contributed by atoms with van der Waals surface area (Å²) in [6.07, 6.45) is 3.02. The van der Waals surface area contributed by atoms with E-state index in [-0.39, 0.29) is 5.41 Å². The van der Waals surface area contributed by atoms with Gasteiger partial charge in [0, 0.05) is 13.6 Å². The van der Waals surface area contributed by atoms with Gasteiger partial charge >= 0.3 is 0 Å². The molecule has 1 N–H and O–H groups in total. The summed E-state index contributed by atoms with van der Waals surface area (Å²) in [7, 11) is 2.00. The Kier molecular flexibility index (Phi) is 6.53. The predicted octanol–water partition coefficient (Wildman–Crippen LogP) is 3.84. The van der Waals surface area contributed by atoms with Crippen LogP contribution in [0.2, 0.25) is 5.02 Å². The monoisotopic (exact) mass is 299 g/mol. The molecule has 116 valence electrons. The van der Waals surface area contributed by atoms with Gasteiger partial charge in [0.05, 0.1) is 16.4 Å². The second kappa shape index (κ2) is 7.46. The van der Waals surface area contributed by atoms with Crippen molar-refractivity contribution in [2.75, 3.05) is 13.1 Å². The van der Waals surface area contributed by atoms with Crippen molar-refractivity contribution in [3.63, 3.8) is 0 Å². The van der Waals surface area contributed by atoms with E-state index < -0.39 is 0 Å². The van der Waals surface area contributed by atoms with Crippen LogP contribution in [0.1, 0.15) is 52.4 Å². The van der Waals surface area contributed by atoms with Crippen molar-refractivity contribution in [3.05, 3.63) is 16.4 Å². The third kappa shape index (κ3) is 3.98. The van der Waals surface area contributed by atoms with Crippen LogP contribution in [0.4, 0.5) is 0 Å². The molecule has 1 aromatic heterocycles. The molecule has 1 heterocycles. The van der Waals surface area contributed by atoms with Crippen LogP contribution in [0.5, 0.6) is 0 Å². The fourth-order valence-electron chi connectivity index (χ4n) is 2.42. The average molecular weight is 300 g/mol. The number of hydrogen-bond donors (Lipinski definition) is 1. The smallest absolute Gasteiger partial charge is 0.0849 e. The maximum atomic E-state index is 6.50. The van der Waals surface area contributed by atoms with Crippen molar-refractivity contribution < 1.29 is 0 Å². The van der Waals surface area contributed by atoms with Crippen LogP contribution >= 0.6 is 11.6 Å². The van der Waals surface area contributed by atoms with Gasteiger partial charge in [0.25, 0.3) is 0 Å². The SMILES string of the molecule is CCCNCC(C)(Cc1c(Cl)c(CC)nn1C)C(C)C. The molecule has 1 rings (SSSR count). The van der Waals surface area contributed by atoms with Crippen molar-refractivity contribution in [1.29, 1.82) is 0 Å². The molecule has 0 amide bonds. The summed E-state index contributed by atoms with van der Waals surface area (Å²) in [4.78, 5) is 0. The molecular formula is C16H30ClN3. The van der Waals surface area contributed by atoms with E-state index in [1.54, 1.807) is 0 Å². The van der Waals surface area contributed by atoms with Gasteiger partial charge in [0.1, 0.15) is 0 Å². The first-order chi connectivity index (χ1) is 9.35. The molecule has 0 bridgehead atoms. The second-order valence-electron chi connectivity index (χ2n) is 6.35. The standard InChI is InChI=1S/C16H30ClN3/c1-7-9-18-11-16(5,12(3)4)10-14-15(17)13(8-2)19-20(14)6/h12,18H,7-11H2,1-6H3. The van der Waals surface area contributed by atoms with Gasteiger partial charge in [-0.05, 0) is 37.1 Å². The fraction of sp³-hybridized carbons (Fsp3) is 0.812. The van der Waals surface area contributed by atoms with Gasteiger partial charge in [-0.25, -0.2) is 0 Å². The van der Waals surface area contributed by atoms with E-state index >= 15 is 0 Å². The molecule has 0 fully saturated rings. The van der Waals surface area contributed by atoms with Crippen LogP contribution in [0.3, 0.4) is 0 Å². The molecule has 1 aromatic rings. The van der Waals surface area contributed by atoms with Crippen molar-refractivity contribution in [1.82, 2.24) is 15.1 Å². The van der Waals surface area contributed by atoms with Crippen LogP contribution in [0, 0.1) is 11.3 Å². The molecule has 0 aliphatic carbocycles. The molecular weight excluding hydrogens is 270 g/mol. The number of hydrogen-bond acceptors (Lipinski definition) is 2. The largest absolute Gasteiger partial charge is 0.316 e. The molecule has 0 saturated heterocycles. The topological polar surface area (TPSA) is 29.9 Å². The fourth-order valence-corrected chi connectivity index (χ4v) is 2.78. The van der Waals surface area contributed by atoms with Gasteiger partial charge in [-0.15, -0.1) is 0 Å². The number of aryl methyl sites for hydroxylation is 2. The highest BCUT2D eigenvalue weighted by Gasteiger charge is 2.31. The summed E-state index contributed by atoms with van der Waals surface area (Å²) in [6.45, 7) is 13.3. The molecule has 0 aromatic carbocycles. The number of rotatable bonds is 8. The Morgan fingerprint density at radius 1 is 1.35 bits per heavy atom. The molecule has 0 aliphatic heterocycles. The van der Waals surface area contributed by atoms with Gasteiger partial charge in [0.15, 0.2) is 0 Å². The Morgan fingerprint density at radius 2 is 2.00 bits per heavy atom. The molecule has 0 radical (unpaired) electrons. The first-order valence-electron chi connectivity index (χ1n) is 7.76. The van der Waals surface area contributed by atoms with Gasteiger partial charge in [-0.2, -0.15) is 5.10 Å². The zero-order valence-electron chi connectivity index (χ0n) is 13.9. The van der Waals surface area contributed by atoms with Crippen LogP contribution in [-0.2, 0) is 19.9 Å². The summed E-state index contributed by atoms with van der Waals surface area (Å²) in [5, 5.41) is 8.96. The Balaban J connectivity index is 2.93. The van der Waals surface area contributed by atoms with Crippen molar-refractivity contribution in [2.24, 2.45) is 18.4 Å². The Hall–Kier alpha value is -0.540. The van der Waals surface area contributed by atoms with Gasteiger partial charge in [-0.3, -0.25) is 4.68 Å². The normalized spacial score (nSPS) is 14.8. The van der Waals surface area contributed by atoms with Crippen LogP contribution < -0.4 is 5.32 Å². The Bertz CT molecular complexity index is 426. The Labute approximate surface area is 129 Å². The zero-order valence-corrected chi connectivity index (χ0v) is 14.6. The summed E-state index contributed by atoms with van der Waals surface area (Å²) in [5.74, 6) is 0.586. The average Bonchev–Trinajstić information content (AvgIpc) is 2.66. The van der Waals surface area contributed by atoms with Crippen LogP contribution in [0.25, 0.3) is 0 Å². The number of aromatic nitrogens is 2. The van der Waals surface area contributed by atoms with Gasteiger partial charge in [0.2, 0.25) is 0 Å². The lowest BCUT2D eigenvalue weighted by Crippen LogP contribution is -2.38. The van der Waals surface area contributed by atoms with E-state index in [0.717, 1.165) is 42.3 Å². The maximum Gasteiger partial charge on any atom is 0.0849 e. The Morgan fingerprint density at radius 3 is 2.45 bits per heavy atom. The predicted molar refractivity (Wildman–Crippen MR) is 87.4 cm³/mol. The van der Waals surface area contributed by atoms with Crippen LogP contribution in [0.15, 0.2) is 0 Å². The minimum atomic E-state index is 0.192. The van der Waals surface area contributed by atoms with Crippen molar-refractivity contribution in [3.8, 4) is 0 Å². The van der Waals surface area contributed by atoms with E-state index in [4.69, 9.17) is 11.6 Å². The molecule has 0 spiro atoms. The minimum Gasteiger partial charge on any atom is -0.316 e. The molecule has 4 heteroatoms. The summed E-state index contributed by atoms with van der Waals surface area (Å²) in [6, 6.07) is 0. The van der Waals surface area contributed by atoms with E-state index in [1.165, 1.54) is 6.42 Å². The highest BCUT2D eigenvalue weighted by Crippen LogP contribution is 2.34. The molecule has 0 aliphatic rings. The quantitative estimate of drug-likeness (QED) is 0.739. The van der Waals surface area contributed by atoms with Gasteiger partial charge < -0.3 is 5.32 Å². The third-order valence-corrected chi connectivity index (χ3v) is 4.86. The van der Waals surface area contributed by atoms with Crippen molar-refractivity contribution >= 4 is 11.6 Å². The van der Waals surface area contributed by atoms with E-state index in [9.17, 15) is 0 Å². The highest BCUT2D eigenvalue weighted by molar-refractivity contribution is 6.31. The summed E-state index contributed by atoms with van der Waals surface area (Å²) in [5.41, 5.74) is 2.37. The molecule has 20 heavy (non-hydrogen) atoms. The second-order valence-corrected chi connectivity index (χ2v) is 6.72. The molecule has 1 atom stereocenters. The lowest BCUT2D eigenvalue weighted by molar-refractivity contribution is 0.203. The minimum absolute atomic E-state index is 0.192. The summed E-state index contributed by atoms with van der Waals surface area (Å²) < 4.78 is 1.96.